The van der Waals surface area contributed by atoms with Gasteiger partial charge in [-0.05, 0) is 43.6 Å². The largest absolute Gasteiger partial charge is 0.468 e. The average Bonchev–Trinajstić information content (AvgIpc) is 3.07. The number of carbonyl (C=O) groups is 1. The highest BCUT2D eigenvalue weighted by molar-refractivity contribution is 7.13. The summed E-state index contributed by atoms with van der Waals surface area (Å²) in [6, 6.07) is 4.85. The topological polar surface area (TPSA) is 83.2 Å². The van der Waals surface area contributed by atoms with Crippen molar-refractivity contribution >= 4 is 27.6 Å². The number of hydrogen-bond donors (Lipinski definition) is 0. The maximum atomic E-state index is 13.0. The van der Waals surface area contributed by atoms with Crippen molar-refractivity contribution in [2.24, 2.45) is 7.05 Å². The lowest BCUT2D eigenvalue weighted by Crippen LogP contribution is -2.40. The molecule has 3 rings (SSSR count). The molecule has 0 amide bonds. The number of carbonyl (C=O) groups excluding carboxylic acids is 1. The number of hydrogen-bond acceptors (Lipinski definition) is 6. The quantitative estimate of drug-likeness (QED) is 0.600. The number of aromatic nitrogens is 3. The van der Waals surface area contributed by atoms with Crippen LogP contribution in [0.15, 0.2) is 33.9 Å². The minimum Gasteiger partial charge on any atom is -0.468 e. The summed E-state index contributed by atoms with van der Waals surface area (Å²) < 4.78 is 49.9. The van der Waals surface area contributed by atoms with Crippen LogP contribution in [-0.4, -0.2) is 26.6 Å². The fourth-order valence-corrected chi connectivity index (χ4v) is 3.90. The molecule has 0 spiro atoms. The number of rotatable bonds is 3. The molecule has 11 heteroatoms. The van der Waals surface area contributed by atoms with E-state index in [4.69, 9.17) is 4.74 Å². The molecule has 0 radical (unpaired) electrons. The van der Waals surface area contributed by atoms with Crippen molar-refractivity contribution in [2.75, 3.05) is 7.11 Å². The molecule has 0 saturated carbocycles. The SMILES string of the molecule is COC(=O)C(C)(C)c1nsc2ccc(-n3c(=O)cc(C(F)(F)F)n(C)c3=O)cc12. The lowest BCUT2D eigenvalue weighted by Gasteiger charge is -2.19. The molecule has 29 heavy (non-hydrogen) atoms. The number of esters is 1. The highest BCUT2D eigenvalue weighted by atomic mass is 32.1. The summed E-state index contributed by atoms with van der Waals surface area (Å²) in [5.74, 6) is -0.530. The molecule has 154 valence electrons. The van der Waals surface area contributed by atoms with E-state index in [1.165, 1.54) is 19.2 Å². The van der Waals surface area contributed by atoms with Gasteiger partial charge in [0.05, 0.1) is 23.2 Å². The van der Waals surface area contributed by atoms with E-state index < -0.39 is 34.5 Å². The van der Waals surface area contributed by atoms with Crippen LogP contribution in [0.2, 0.25) is 0 Å². The molecule has 0 bridgehead atoms. The van der Waals surface area contributed by atoms with Gasteiger partial charge in [-0.15, -0.1) is 0 Å². The second-order valence-electron chi connectivity index (χ2n) is 6.87. The van der Waals surface area contributed by atoms with E-state index in [0.29, 0.717) is 31.0 Å². The summed E-state index contributed by atoms with van der Waals surface area (Å²) in [7, 11) is 2.19. The number of alkyl halides is 3. The van der Waals surface area contributed by atoms with Gasteiger partial charge in [0.15, 0.2) is 0 Å². The Balaban J connectivity index is 2.27. The number of halogens is 3. The molecule has 7 nitrogen and oxygen atoms in total. The molecule has 0 fully saturated rings. The summed E-state index contributed by atoms with van der Waals surface area (Å²) in [6.45, 7) is 3.23. The average molecular weight is 427 g/mol. The Labute approximate surface area is 166 Å². The van der Waals surface area contributed by atoms with E-state index in [1.54, 1.807) is 19.9 Å². The van der Waals surface area contributed by atoms with Crippen molar-refractivity contribution in [3.05, 3.63) is 56.5 Å². The van der Waals surface area contributed by atoms with Crippen molar-refractivity contribution in [1.29, 1.82) is 0 Å². The first-order valence-electron chi connectivity index (χ1n) is 8.28. The van der Waals surface area contributed by atoms with Gasteiger partial charge in [0.2, 0.25) is 0 Å². The Bertz CT molecular complexity index is 1240. The molecule has 0 aliphatic rings. The van der Waals surface area contributed by atoms with Crippen molar-refractivity contribution in [3.8, 4) is 5.69 Å². The predicted octanol–water partition coefficient (Wildman–Crippen LogP) is 2.62. The predicted molar refractivity (Wildman–Crippen MR) is 101 cm³/mol. The normalized spacial score (nSPS) is 12.4. The van der Waals surface area contributed by atoms with Crippen LogP contribution in [0.5, 0.6) is 0 Å². The third kappa shape index (κ3) is 3.35. The van der Waals surface area contributed by atoms with Crippen LogP contribution in [-0.2, 0) is 28.2 Å². The first kappa shape index (κ1) is 20.8. The summed E-state index contributed by atoms with van der Waals surface area (Å²) in [5.41, 5.74) is -4.25. The van der Waals surface area contributed by atoms with E-state index in [2.05, 4.69) is 4.37 Å². The van der Waals surface area contributed by atoms with Crippen molar-refractivity contribution < 1.29 is 22.7 Å². The summed E-state index contributed by atoms with van der Waals surface area (Å²) in [4.78, 5) is 37.0. The molecule has 0 atom stereocenters. The van der Waals surface area contributed by atoms with Gasteiger partial charge < -0.3 is 4.74 Å². The number of methoxy groups -OCH3 is 1. The third-order valence-electron chi connectivity index (χ3n) is 4.61. The van der Waals surface area contributed by atoms with Crippen LogP contribution < -0.4 is 11.2 Å². The summed E-state index contributed by atoms with van der Waals surface area (Å²) in [6.07, 6.45) is -4.84. The maximum Gasteiger partial charge on any atom is 0.431 e. The van der Waals surface area contributed by atoms with Gasteiger partial charge in [-0.25, -0.2) is 9.36 Å². The first-order valence-corrected chi connectivity index (χ1v) is 9.06. The lowest BCUT2D eigenvalue weighted by atomic mass is 9.87. The smallest absolute Gasteiger partial charge is 0.431 e. The summed E-state index contributed by atoms with van der Waals surface area (Å²) in [5, 5.41) is 0.497. The Kier molecular flexibility index (Phi) is 4.89. The third-order valence-corrected chi connectivity index (χ3v) is 5.44. The van der Waals surface area contributed by atoms with Crippen LogP contribution in [0.4, 0.5) is 13.2 Å². The number of nitrogens with zero attached hydrogens (tertiary/aromatic N) is 3. The molecule has 3 aromatic rings. The van der Waals surface area contributed by atoms with Gasteiger partial charge in [-0.3, -0.25) is 14.2 Å². The van der Waals surface area contributed by atoms with Crippen LogP contribution in [0, 0.1) is 0 Å². The van der Waals surface area contributed by atoms with Gasteiger partial charge in [0.1, 0.15) is 11.1 Å². The number of ether oxygens (including phenoxy) is 1. The minimum absolute atomic E-state index is 0.0685. The van der Waals surface area contributed by atoms with E-state index in [1.807, 2.05) is 0 Å². The van der Waals surface area contributed by atoms with Crippen molar-refractivity contribution in [1.82, 2.24) is 13.5 Å². The monoisotopic (exact) mass is 427 g/mol. The molecule has 0 aliphatic heterocycles. The summed E-state index contributed by atoms with van der Waals surface area (Å²) >= 11 is 1.11. The Hall–Kier alpha value is -2.95. The standard InChI is InChI=1S/C18H16F3N3O4S/c1-17(2,15(26)28-4)14-10-7-9(5-6-11(10)29-22-14)24-13(25)8-12(18(19,20)21)23(3)16(24)27/h5-8H,1-4H3. The molecule has 0 aliphatic carbocycles. The Morgan fingerprint density at radius 2 is 1.83 bits per heavy atom. The second kappa shape index (κ2) is 6.83. The van der Waals surface area contributed by atoms with Gasteiger partial charge in [-0.1, -0.05) is 0 Å². The van der Waals surface area contributed by atoms with Crippen LogP contribution in [0.3, 0.4) is 0 Å². The fraction of sp³-hybridized carbons (Fsp3) is 0.333. The first-order chi connectivity index (χ1) is 13.4. The lowest BCUT2D eigenvalue weighted by molar-refractivity contribution is -0.146. The van der Waals surface area contributed by atoms with E-state index in [-0.39, 0.29) is 5.69 Å². The molecule has 0 saturated heterocycles. The fourth-order valence-electron chi connectivity index (χ4n) is 3.00. The van der Waals surface area contributed by atoms with E-state index in [0.717, 1.165) is 18.6 Å². The molecular weight excluding hydrogens is 411 g/mol. The second-order valence-corrected chi connectivity index (χ2v) is 7.68. The molecule has 2 aromatic heterocycles. The van der Waals surface area contributed by atoms with Crippen molar-refractivity contribution in [3.63, 3.8) is 0 Å². The molecular formula is C18H16F3N3O4S. The van der Waals surface area contributed by atoms with Gasteiger partial charge in [-0.2, -0.15) is 17.5 Å². The molecule has 0 N–H and O–H groups in total. The zero-order chi connectivity index (χ0) is 21.7. The van der Waals surface area contributed by atoms with Gasteiger partial charge >= 0.3 is 17.8 Å². The zero-order valence-electron chi connectivity index (χ0n) is 15.8. The van der Waals surface area contributed by atoms with Crippen LogP contribution >= 0.6 is 11.5 Å². The Morgan fingerprint density at radius 1 is 1.17 bits per heavy atom. The van der Waals surface area contributed by atoms with Gasteiger partial charge in [0.25, 0.3) is 5.56 Å². The van der Waals surface area contributed by atoms with Crippen LogP contribution in [0.25, 0.3) is 15.8 Å². The number of benzene rings is 1. The van der Waals surface area contributed by atoms with E-state index >= 15 is 0 Å². The molecule has 1 aromatic carbocycles. The van der Waals surface area contributed by atoms with E-state index in [9.17, 15) is 27.6 Å². The number of fused-ring (bicyclic) bond motifs is 1. The van der Waals surface area contributed by atoms with Gasteiger partial charge in [0, 0.05) is 18.5 Å². The Morgan fingerprint density at radius 3 is 2.41 bits per heavy atom. The minimum atomic E-state index is -4.84. The highest BCUT2D eigenvalue weighted by Crippen LogP contribution is 2.34. The molecule has 0 unspecified atom stereocenters. The van der Waals surface area contributed by atoms with Crippen LogP contribution in [0.1, 0.15) is 25.2 Å². The van der Waals surface area contributed by atoms with Crippen molar-refractivity contribution in [2.45, 2.75) is 25.4 Å². The maximum absolute atomic E-state index is 13.0. The molecule has 2 heterocycles. The zero-order valence-corrected chi connectivity index (χ0v) is 16.6. The highest BCUT2D eigenvalue weighted by Gasteiger charge is 2.36.